The molecule has 5 nitrogen and oxygen atoms in total. The monoisotopic (exact) mass is 449 g/mol. The average molecular weight is 449 g/mol. The van der Waals surface area contributed by atoms with Crippen LogP contribution < -0.4 is 10.7 Å². The summed E-state index contributed by atoms with van der Waals surface area (Å²) in [5.41, 5.74) is 6.35. The lowest BCUT2D eigenvalue weighted by atomic mass is 10.1. The van der Waals surface area contributed by atoms with Gasteiger partial charge in [0.2, 0.25) is 11.8 Å². The molecular weight excluding hydrogens is 429 g/mol. The number of carbonyl (C=O) groups is 2. The molecule has 0 radical (unpaired) electrons. The Kier molecular flexibility index (Phi) is 7.12. The summed E-state index contributed by atoms with van der Waals surface area (Å²) in [5, 5.41) is 6.69. The van der Waals surface area contributed by atoms with Crippen LogP contribution in [0.15, 0.2) is 47.6 Å². The van der Waals surface area contributed by atoms with Crippen molar-refractivity contribution in [2.24, 2.45) is 5.10 Å². The van der Waals surface area contributed by atoms with Crippen LogP contribution in [-0.4, -0.2) is 18.0 Å². The van der Waals surface area contributed by atoms with Crippen LogP contribution in [0.5, 0.6) is 0 Å². The molecule has 0 heterocycles. The van der Waals surface area contributed by atoms with E-state index in [1.807, 2.05) is 56.3 Å². The molecule has 2 aromatic rings. The molecule has 25 heavy (non-hydrogen) atoms. The number of hydrogen-bond acceptors (Lipinski definition) is 3. The molecule has 130 valence electrons. The summed E-state index contributed by atoms with van der Waals surface area (Å²) in [4.78, 5) is 23.6. The summed E-state index contributed by atoms with van der Waals surface area (Å²) in [6.07, 6.45) is 1.77. The minimum Gasteiger partial charge on any atom is -0.326 e. The van der Waals surface area contributed by atoms with Gasteiger partial charge in [-0.05, 0) is 77.4 Å². The number of carbonyl (C=O) groups excluding carboxylic acids is 2. The largest absolute Gasteiger partial charge is 0.326 e. The third kappa shape index (κ3) is 6.66. The average Bonchev–Trinajstić information content (AvgIpc) is 2.58. The van der Waals surface area contributed by atoms with Crippen molar-refractivity contribution in [1.82, 2.24) is 5.43 Å². The van der Waals surface area contributed by atoms with Crippen molar-refractivity contribution < 1.29 is 9.59 Å². The highest BCUT2D eigenvalue weighted by Gasteiger charge is 2.07. The molecule has 0 aliphatic heterocycles. The molecule has 2 N–H and O–H groups in total. The number of aryl methyl sites for hydroxylation is 2. The van der Waals surface area contributed by atoms with Crippen LogP contribution in [0.1, 0.15) is 29.5 Å². The second-order valence-electron chi connectivity index (χ2n) is 5.69. The maximum absolute atomic E-state index is 11.9. The Bertz CT molecular complexity index is 786. The molecule has 0 atom stereocenters. The number of nitrogens with one attached hydrogen (secondary N) is 2. The number of hydrogen-bond donors (Lipinski definition) is 2. The molecule has 2 rings (SSSR count). The van der Waals surface area contributed by atoms with Gasteiger partial charge in [0.1, 0.15) is 0 Å². The van der Waals surface area contributed by atoms with Gasteiger partial charge in [-0.15, -0.1) is 0 Å². The van der Waals surface area contributed by atoms with E-state index in [0.717, 1.165) is 20.4 Å². The summed E-state index contributed by atoms with van der Waals surface area (Å²) in [7, 11) is 0. The Morgan fingerprint density at radius 2 is 1.68 bits per heavy atom. The van der Waals surface area contributed by atoms with Crippen LogP contribution in [0.3, 0.4) is 0 Å². The van der Waals surface area contributed by atoms with Crippen LogP contribution >= 0.6 is 22.6 Å². The summed E-state index contributed by atoms with van der Waals surface area (Å²) in [6, 6.07) is 13.5. The molecular formula is C19H20IN3O2. The smallest absolute Gasteiger partial charge is 0.240 e. The van der Waals surface area contributed by atoms with Crippen molar-refractivity contribution in [3.05, 3.63) is 62.7 Å². The Labute approximate surface area is 161 Å². The number of rotatable bonds is 6. The standard InChI is InChI=1S/C19H20IN3O2/c1-13-3-8-17(11-14(13)2)22-18(24)9-10-19(25)23-21-12-15-4-6-16(20)7-5-15/h3-8,11-12H,9-10H2,1-2H3,(H,22,24)(H,23,25)/b21-12-. The van der Waals surface area contributed by atoms with Crippen LogP contribution in [0.4, 0.5) is 5.69 Å². The molecule has 2 aromatic carbocycles. The summed E-state index contributed by atoms with van der Waals surface area (Å²) in [6.45, 7) is 4.01. The van der Waals surface area contributed by atoms with Crippen LogP contribution in [0.2, 0.25) is 0 Å². The molecule has 6 heteroatoms. The first-order valence-corrected chi connectivity index (χ1v) is 8.96. The lowest BCUT2D eigenvalue weighted by Gasteiger charge is -2.07. The highest BCUT2D eigenvalue weighted by molar-refractivity contribution is 14.1. The minimum absolute atomic E-state index is 0.0840. The zero-order valence-electron chi connectivity index (χ0n) is 14.2. The summed E-state index contributed by atoms with van der Waals surface area (Å²) < 4.78 is 1.13. The van der Waals surface area contributed by atoms with Gasteiger partial charge in [-0.2, -0.15) is 5.10 Å². The van der Waals surface area contributed by atoms with E-state index >= 15 is 0 Å². The molecule has 0 unspecified atom stereocenters. The van der Waals surface area contributed by atoms with Gasteiger partial charge in [0, 0.05) is 22.1 Å². The molecule has 0 saturated heterocycles. The van der Waals surface area contributed by atoms with E-state index in [9.17, 15) is 9.59 Å². The van der Waals surface area contributed by atoms with Crippen molar-refractivity contribution in [3.8, 4) is 0 Å². The number of nitrogens with zero attached hydrogens (tertiary/aromatic N) is 1. The number of amides is 2. The molecule has 0 spiro atoms. The van der Waals surface area contributed by atoms with E-state index in [0.29, 0.717) is 0 Å². The van der Waals surface area contributed by atoms with Crippen molar-refractivity contribution >= 4 is 46.3 Å². The number of hydrazone groups is 1. The minimum atomic E-state index is -0.294. The van der Waals surface area contributed by atoms with Crippen LogP contribution in [0, 0.1) is 17.4 Å². The van der Waals surface area contributed by atoms with Crippen molar-refractivity contribution in [2.75, 3.05) is 5.32 Å². The van der Waals surface area contributed by atoms with Gasteiger partial charge in [0.25, 0.3) is 0 Å². The third-order valence-corrected chi connectivity index (χ3v) is 4.36. The molecule has 0 saturated carbocycles. The van der Waals surface area contributed by atoms with E-state index in [2.05, 4.69) is 38.4 Å². The highest BCUT2D eigenvalue weighted by Crippen LogP contribution is 2.14. The molecule has 0 aromatic heterocycles. The second kappa shape index (κ2) is 9.31. The van der Waals surface area contributed by atoms with Crippen LogP contribution in [0.25, 0.3) is 0 Å². The fourth-order valence-corrected chi connectivity index (χ4v) is 2.41. The van der Waals surface area contributed by atoms with E-state index in [4.69, 9.17) is 0 Å². The lowest BCUT2D eigenvalue weighted by molar-refractivity contribution is -0.124. The normalized spacial score (nSPS) is 10.7. The van der Waals surface area contributed by atoms with Gasteiger partial charge in [-0.3, -0.25) is 9.59 Å². The molecule has 2 amide bonds. The molecule has 0 bridgehead atoms. The first kappa shape index (κ1) is 19.1. The maximum Gasteiger partial charge on any atom is 0.240 e. The zero-order valence-corrected chi connectivity index (χ0v) is 16.3. The first-order chi connectivity index (χ1) is 11.9. The van der Waals surface area contributed by atoms with Gasteiger partial charge in [0.15, 0.2) is 0 Å². The summed E-state index contributed by atoms with van der Waals surface area (Å²) >= 11 is 2.22. The van der Waals surface area contributed by atoms with E-state index in [-0.39, 0.29) is 24.7 Å². The summed E-state index contributed by atoms with van der Waals surface area (Å²) in [5.74, 6) is -0.489. The van der Waals surface area contributed by atoms with Gasteiger partial charge >= 0.3 is 0 Å². The quantitative estimate of drug-likeness (QED) is 0.401. The van der Waals surface area contributed by atoms with E-state index in [1.165, 1.54) is 5.56 Å². The van der Waals surface area contributed by atoms with E-state index < -0.39 is 0 Å². The second-order valence-corrected chi connectivity index (χ2v) is 6.94. The van der Waals surface area contributed by atoms with Gasteiger partial charge in [-0.1, -0.05) is 18.2 Å². The topological polar surface area (TPSA) is 70.6 Å². The Hall–Kier alpha value is -2.22. The van der Waals surface area contributed by atoms with E-state index in [1.54, 1.807) is 6.21 Å². The maximum atomic E-state index is 11.9. The zero-order chi connectivity index (χ0) is 18.2. The van der Waals surface area contributed by atoms with Gasteiger partial charge in [-0.25, -0.2) is 5.43 Å². The van der Waals surface area contributed by atoms with Crippen molar-refractivity contribution in [3.63, 3.8) is 0 Å². The Balaban J connectivity index is 1.74. The van der Waals surface area contributed by atoms with Crippen molar-refractivity contribution in [2.45, 2.75) is 26.7 Å². The highest BCUT2D eigenvalue weighted by atomic mass is 127. The SMILES string of the molecule is Cc1ccc(NC(=O)CCC(=O)N/N=C\c2ccc(I)cc2)cc1C. The first-order valence-electron chi connectivity index (χ1n) is 7.88. The number of halogens is 1. The predicted octanol–water partition coefficient (Wildman–Crippen LogP) is 3.78. The lowest BCUT2D eigenvalue weighted by Crippen LogP contribution is -2.20. The Morgan fingerprint density at radius 1 is 1.00 bits per heavy atom. The molecule has 0 aliphatic rings. The Morgan fingerprint density at radius 3 is 2.36 bits per heavy atom. The number of anilines is 1. The van der Waals surface area contributed by atoms with Crippen molar-refractivity contribution in [1.29, 1.82) is 0 Å². The third-order valence-electron chi connectivity index (χ3n) is 3.64. The fourth-order valence-electron chi connectivity index (χ4n) is 2.05. The number of benzene rings is 2. The molecule has 0 aliphatic carbocycles. The van der Waals surface area contributed by atoms with Gasteiger partial charge < -0.3 is 5.32 Å². The van der Waals surface area contributed by atoms with Crippen LogP contribution in [-0.2, 0) is 9.59 Å². The van der Waals surface area contributed by atoms with Gasteiger partial charge in [0.05, 0.1) is 6.21 Å². The fraction of sp³-hybridized carbons (Fsp3) is 0.211. The predicted molar refractivity (Wildman–Crippen MR) is 109 cm³/mol. The molecule has 0 fully saturated rings.